The minimum absolute atomic E-state index is 0.111. The predicted octanol–water partition coefficient (Wildman–Crippen LogP) is 2.56. The van der Waals surface area contributed by atoms with E-state index in [1.165, 1.54) is 23.7 Å². The van der Waals surface area contributed by atoms with E-state index in [4.69, 9.17) is 0 Å². The Morgan fingerprint density at radius 1 is 1.44 bits per heavy atom. The molecule has 2 aromatic rings. The lowest BCUT2D eigenvalue weighted by atomic mass is 10.2. The van der Waals surface area contributed by atoms with Crippen LogP contribution < -0.4 is 0 Å². The predicted molar refractivity (Wildman–Crippen MR) is 50.2 cm³/mol. The highest BCUT2D eigenvalue weighted by Crippen LogP contribution is 2.29. The largest absolute Gasteiger partial charge is 0.416 e. The van der Waals surface area contributed by atoms with Crippen molar-refractivity contribution in [1.82, 2.24) is 9.38 Å². The Morgan fingerprint density at radius 2 is 2.12 bits per heavy atom. The SMILES string of the molecule is CC(=O)c1cn2ccc(C(F)(F)F)cc2n1. The number of ketones is 1. The number of hydrogen-bond donors (Lipinski definition) is 0. The molecular formula is C10H7F3N2O. The first-order valence-electron chi connectivity index (χ1n) is 4.45. The molecule has 0 saturated carbocycles. The molecule has 0 N–H and O–H groups in total. The van der Waals surface area contributed by atoms with Crippen LogP contribution in [0.5, 0.6) is 0 Å². The Hall–Kier alpha value is -1.85. The summed E-state index contributed by atoms with van der Waals surface area (Å²) in [7, 11) is 0. The van der Waals surface area contributed by atoms with E-state index in [0.29, 0.717) is 0 Å². The van der Waals surface area contributed by atoms with E-state index < -0.39 is 11.7 Å². The van der Waals surface area contributed by atoms with Crippen LogP contribution in [-0.4, -0.2) is 15.2 Å². The van der Waals surface area contributed by atoms with Gasteiger partial charge in [-0.25, -0.2) is 4.98 Å². The molecule has 0 bridgehead atoms. The number of aromatic nitrogens is 2. The maximum absolute atomic E-state index is 12.4. The molecule has 0 aliphatic rings. The number of pyridine rings is 1. The lowest BCUT2D eigenvalue weighted by Crippen LogP contribution is -2.05. The zero-order chi connectivity index (χ0) is 11.9. The van der Waals surface area contributed by atoms with Crippen LogP contribution >= 0.6 is 0 Å². The minimum Gasteiger partial charge on any atom is -0.306 e. The second-order valence-electron chi connectivity index (χ2n) is 3.36. The number of Topliss-reactive ketones (excluding diaryl/α,β-unsaturated/α-hetero) is 1. The maximum Gasteiger partial charge on any atom is 0.416 e. The third-order valence-corrected chi connectivity index (χ3v) is 2.15. The van der Waals surface area contributed by atoms with Gasteiger partial charge in [-0.2, -0.15) is 13.2 Å². The van der Waals surface area contributed by atoms with Gasteiger partial charge in [0.2, 0.25) is 0 Å². The zero-order valence-electron chi connectivity index (χ0n) is 8.25. The van der Waals surface area contributed by atoms with Crippen LogP contribution in [0.1, 0.15) is 23.0 Å². The van der Waals surface area contributed by atoms with E-state index in [1.54, 1.807) is 0 Å². The van der Waals surface area contributed by atoms with Gasteiger partial charge in [-0.15, -0.1) is 0 Å². The van der Waals surface area contributed by atoms with Crippen molar-refractivity contribution in [3.63, 3.8) is 0 Å². The van der Waals surface area contributed by atoms with Gasteiger partial charge >= 0.3 is 6.18 Å². The molecule has 0 atom stereocenters. The highest BCUT2D eigenvalue weighted by molar-refractivity contribution is 5.92. The smallest absolute Gasteiger partial charge is 0.306 e. The first kappa shape index (κ1) is 10.7. The zero-order valence-corrected chi connectivity index (χ0v) is 8.25. The lowest BCUT2D eigenvalue weighted by Gasteiger charge is -2.05. The van der Waals surface area contributed by atoms with Crippen LogP contribution in [0, 0.1) is 0 Å². The van der Waals surface area contributed by atoms with Gasteiger partial charge in [-0.05, 0) is 12.1 Å². The number of halogens is 3. The number of carbonyl (C=O) groups is 1. The summed E-state index contributed by atoms with van der Waals surface area (Å²) >= 11 is 0. The highest BCUT2D eigenvalue weighted by atomic mass is 19.4. The van der Waals surface area contributed by atoms with E-state index in [2.05, 4.69) is 4.98 Å². The van der Waals surface area contributed by atoms with Crippen LogP contribution in [0.3, 0.4) is 0 Å². The number of hydrogen-bond acceptors (Lipinski definition) is 2. The van der Waals surface area contributed by atoms with E-state index in [9.17, 15) is 18.0 Å². The second kappa shape index (κ2) is 3.33. The summed E-state index contributed by atoms with van der Waals surface area (Å²) < 4.78 is 38.5. The molecule has 0 fully saturated rings. The molecule has 2 rings (SSSR count). The minimum atomic E-state index is -4.40. The molecule has 0 saturated heterocycles. The van der Waals surface area contributed by atoms with Crippen molar-refractivity contribution in [3.8, 4) is 0 Å². The summed E-state index contributed by atoms with van der Waals surface area (Å²) in [5, 5.41) is 0. The van der Waals surface area contributed by atoms with Crippen molar-refractivity contribution in [3.05, 3.63) is 35.8 Å². The van der Waals surface area contributed by atoms with Gasteiger partial charge in [-0.3, -0.25) is 4.79 Å². The van der Waals surface area contributed by atoms with E-state index >= 15 is 0 Å². The third-order valence-electron chi connectivity index (χ3n) is 2.15. The molecule has 2 aromatic heterocycles. The van der Waals surface area contributed by atoms with Gasteiger partial charge in [0.15, 0.2) is 5.78 Å². The molecule has 6 heteroatoms. The molecule has 0 aliphatic carbocycles. The Kier molecular flexibility index (Phi) is 2.22. The fourth-order valence-electron chi connectivity index (χ4n) is 1.33. The van der Waals surface area contributed by atoms with E-state index in [1.807, 2.05) is 0 Å². The summed E-state index contributed by atoms with van der Waals surface area (Å²) in [6.07, 6.45) is -1.76. The molecule has 0 spiro atoms. The van der Waals surface area contributed by atoms with Crippen molar-refractivity contribution in [2.45, 2.75) is 13.1 Å². The van der Waals surface area contributed by atoms with Crippen molar-refractivity contribution in [2.75, 3.05) is 0 Å². The van der Waals surface area contributed by atoms with Crippen molar-refractivity contribution >= 4 is 11.4 Å². The Morgan fingerprint density at radius 3 is 2.69 bits per heavy atom. The summed E-state index contributed by atoms with van der Waals surface area (Å²) in [6.45, 7) is 1.31. The first-order chi connectivity index (χ1) is 7.38. The monoisotopic (exact) mass is 228 g/mol. The standard InChI is InChI=1S/C10H7F3N2O/c1-6(16)8-5-15-3-2-7(10(11,12)13)4-9(15)14-8/h2-5H,1H3. The molecule has 2 heterocycles. The van der Waals surface area contributed by atoms with Gasteiger partial charge < -0.3 is 4.40 Å². The molecule has 3 nitrogen and oxygen atoms in total. The molecule has 0 aromatic carbocycles. The highest BCUT2D eigenvalue weighted by Gasteiger charge is 2.30. The van der Waals surface area contributed by atoms with Crippen molar-refractivity contribution < 1.29 is 18.0 Å². The van der Waals surface area contributed by atoms with Gasteiger partial charge in [-0.1, -0.05) is 0 Å². The molecular weight excluding hydrogens is 221 g/mol. The van der Waals surface area contributed by atoms with Crippen LogP contribution in [0.4, 0.5) is 13.2 Å². The molecule has 0 unspecified atom stereocenters. The number of rotatable bonds is 1. The normalized spacial score (nSPS) is 12.0. The summed E-state index contributed by atoms with van der Waals surface area (Å²) in [4.78, 5) is 14.8. The topological polar surface area (TPSA) is 34.4 Å². The molecule has 84 valence electrons. The molecule has 0 amide bonds. The molecule has 16 heavy (non-hydrogen) atoms. The van der Waals surface area contributed by atoms with Crippen LogP contribution in [-0.2, 0) is 6.18 Å². The van der Waals surface area contributed by atoms with Crippen LogP contribution in [0.2, 0.25) is 0 Å². The van der Waals surface area contributed by atoms with Gasteiger partial charge in [0.25, 0.3) is 0 Å². The number of nitrogens with zero attached hydrogens (tertiary/aromatic N) is 2. The van der Waals surface area contributed by atoms with Gasteiger partial charge in [0, 0.05) is 19.3 Å². The number of imidazole rings is 1. The van der Waals surface area contributed by atoms with Crippen molar-refractivity contribution in [2.24, 2.45) is 0 Å². The number of alkyl halides is 3. The first-order valence-corrected chi connectivity index (χ1v) is 4.45. The van der Waals surface area contributed by atoms with Crippen LogP contribution in [0.25, 0.3) is 5.65 Å². The maximum atomic E-state index is 12.4. The molecule has 0 aliphatic heterocycles. The quantitative estimate of drug-likeness (QED) is 0.703. The average molecular weight is 228 g/mol. The lowest BCUT2D eigenvalue weighted by molar-refractivity contribution is -0.137. The Balaban J connectivity index is 2.58. The summed E-state index contributed by atoms with van der Waals surface area (Å²) in [5.41, 5.74) is -0.514. The average Bonchev–Trinajstić information content (AvgIpc) is 2.58. The number of carbonyl (C=O) groups excluding carboxylic acids is 1. The van der Waals surface area contributed by atoms with Gasteiger partial charge in [0.1, 0.15) is 11.3 Å². The van der Waals surface area contributed by atoms with E-state index in [-0.39, 0.29) is 17.1 Å². The van der Waals surface area contributed by atoms with Crippen LogP contribution in [0.15, 0.2) is 24.5 Å². The van der Waals surface area contributed by atoms with Gasteiger partial charge in [0.05, 0.1) is 5.56 Å². The number of fused-ring (bicyclic) bond motifs is 1. The van der Waals surface area contributed by atoms with Crippen molar-refractivity contribution in [1.29, 1.82) is 0 Å². The Bertz CT molecular complexity index is 557. The Labute approximate surface area is 88.5 Å². The fourth-order valence-corrected chi connectivity index (χ4v) is 1.33. The molecule has 0 radical (unpaired) electrons. The van der Waals surface area contributed by atoms with E-state index in [0.717, 1.165) is 12.1 Å². The fraction of sp³-hybridized carbons (Fsp3) is 0.200. The third kappa shape index (κ3) is 1.78. The summed E-state index contributed by atoms with van der Waals surface area (Å²) in [5.74, 6) is -0.280. The summed E-state index contributed by atoms with van der Waals surface area (Å²) in [6, 6.07) is 1.85. The second-order valence-corrected chi connectivity index (χ2v) is 3.36.